The van der Waals surface area contributed by atoms with Gasteiger partial charge in [0.15, 0.2) is 11.6 Å². The summed E-state index contributed by atoms with van der Waals surface area (Å²) >= 11 is 5.69. The largest absolute Gasteiger partial charge is 0.505 e. The van der Waals surface area contributed by atoms with Crippen LogP contribution in [-0.2, 0) is 16.0 Å². The molecule has 3 aromatic rings. The van der Waals surface area contributed by atoms with Crippen molar-refractivity contribution in [2.24, 2.45) is 0 Å². The van der Waals surface area contributed by atoms with Crippen molar-refractivity contribution in [1.82, 2.24) is 4.57 Å². The summed E-state index contributed by atoms with van der Waals surface area (Å²) in [5, 5.41) is 9.67. The number of aromatic hydroxyl groups is 1. The van der Waals surface area contributed by atoms with Gasteiger partial charge in [0.05, 0.1) is 17.0 Å². The Labute approximate surface area is 175 Å². The fraction of sp³-hybridized carbons (Fsp3) is 0.273. The van der Waals surface area contributed by atoms with Crippen molar-refractivity contribution < 1.29 is 28.2 Å². The highest BCUT2D eigenvalue weighted by atomic mass is 35.5. The van der Waals surface area contributed by atoms with Crippen molar-refractivity contribution in [3.63, 3.8) is 0 Å². The van der Waals surface area contributed by atoms with E-state index in [1.54, 1.807) is 6.92 Å². The third-order valence-corrected chi connectivity index (χ3v) is 5.76. The van der Waals surface area contributed by atoms with Crippen LogP contribution >= 0.6 is 11.6 Å². The molecule has 1 N–H and O–H groups in total. The van der Waals surface area contributed by atoms with Crippen molar-refractivity contribution in [2.45, 2.75) is 38.7 Å². The number of phenols is 1. The average molecular weight is 434 g/mol. The molecule has 0 atom stereocenters. The molecule has 4 rings (SSSR count). The molecule has 0 radical (unpaired) electrons. The molecule has 1 saturated carbocycles. The van der Waals surface area contributed by atoms with Crippen LogP contribution in [0.5, 0.6) is 5.75 Å². The highest BCUT2D eigenvalue weighted by Gasteiger charge is 2.27. The highest BCUT2D eigenvalue weighted by Crippen LogP contribution is 2.34. The van der Waals surface area contributed by atoms with Gasteiger partial charge in [-0.25, -0.2) is 8.78 Å². The van der Waals surface area contributed by atoms with Crippen LogP contribution in [0, 0.1) is 18.6 Å². The Morgan fingerprint density at radius 2 is 1.97 bits per heavy atom. The highest BCUT2D eigenvalue weighted by molar-refractivity contribution is 6.30. The lowest BCUT2D eigenvalue weighted by molar-refractivity contribution is -0.152. The summed E-state index contributed by atoms with van der Waals surface area (Å²) in [6, 6.07) is 6.12. The second kappa shape index (κ2) is 7.72. The number of benzene rings is 2. The number of hydrogen-bond donors (Lipinski definition) is 1. The van der Waals surface area contributed by atoms with Crippen LogP contribution in [0.1, 0.15) is 40.9 Å². The summed E-state index contributed by atoms with van der Waals surface area (Å²) in [6.07, 6.45) is 2.19. The maximum absolute atomic E-state index is 14.8. The molecule has 2 aromatic carbocycles. The van der Waals surface area contributed by atoms with E-state index in [0.717, 1.165) is 31.4 Å². The summed E-state index contributed by atoms with van der Waals surface area (Å²) < 4.78 is 35.3. The predicted molar refractivity (Wildman–Crippen MR) is 107 cm³/mol. The molecular formula is C22H18ClF2NO4. The first kappa shape index (κ1) is 20.3. The molecule has 0 saturated heterocycles. The molecule has 30 heavy (non-hydrogen) atoms. The number of aromatic nitrogens is 1. The molecule has 8 heteroatoms. The second-order valence-corrected chi connectivity index (χ2v) is 7.75. The number of phenolic OH excluding ortho intramolecular Hbond substituents is 1. The van der Waals surface area contributed by atoms with Crippen LogP contribution in [-0.4, -0.2) is 27.7 Å². The Hall–Kier alpha value is -2.93. The number of halogens is 3. The number of rotatable bonds is 4. The van der Waals surface area contributed by atoms with Gasteiger partial charge in [0.2, 0.25) is 0 Å². The lowest BCUT2D eigenvalue weighted by Gasteiger charge is -2.25. The van der Waals surface area contributed by atoms with Gasteiger partial charge < -0.3 is 9.84 Å². The maximum atomic E-state index is 14.8. The second-order valence-electron chi connectivity index (χ2n) is 7.35. The molecule has 0 amide bonds. The summed E-state index contributed by atoms with van der Waals surface area (Å²) in [7, 11) is 0. The first-order valence-electron chi connectivity index (χ1n) is 9.48. The minimum absolute atomic E-state index is 0.00831. The van der Waals surface area contributed by atoms with E-state index in [-0.39, 0.29) is 39.6 Å². The van der Waals surface area contributed by atoms with E-state index in [0.29, 0.717) is 5.69 Å². The molecule has 1 aliphatic carbocycles. The summed E-state index contributed by atoms with van der Waals surface area (Å²) in [5.74, 6) is -3.44. The normalized spacial score (nSPS) is 14.0. The predicted octanol–water partition coefficient (Wildman–Crippen LogP) is 4.91. The topological polar surface area (TPSA) is 68.5 Å². The zero-order valence-corrected chi connectivity index (χ0v) is 16.8. The van der Waals surface area contributed by atoms with E-state index in [4.69, 9.17) is 16.3 Å². The number of fused-ring (bicyclic) bond motifs is 1. The fourth-order valence-electron chi connectivity index (χ4n) is 3.62. The van der Waals surface area contributed by atoms with Crippen LogP contribution < -0.4 is 0 Å². The average Bonchev–Trinajstić information content (AvgIpc) is 2.95. The number of esters is 1. The molecule has 1 aromatic heterocycles. The van der Waals surface area contributed by atoms with Crippen LogP contribution in [0.15, 0.2) is 30.3 Å². The zero-order valence-electron chi connectivity index (χ0n) is 16.0. The van der Waals surface area contributed by atoms with Crippen molar-refractivity contribution >= 4 is 34.4 Å². The van der Waals surface area contributed by atoms with Gasteiger partial charge in [-0.15, -0.1) is 0 Å². The minimum atomic E-state index is -0.934. The lowest BCUT2D eigenvalue weighted by Crippen LogP contribution is -2.26. The molecule has 1 heterocycles. The van der Waals surface area contributed by atoms with Gasteiger partial charge in [0.1, 0.15) is 11.9 Å². The number of hydrogen-bond acceptors (Lipinski definition) is 4. The van der Waals surface area contributed by atoms with Gasteiger partial charge in [-0.05, 0) is 62.1 Å². The van der Waals surface area contributed by atoms with Crippen LogP contribution in [0.25, 0.3) is 10.9 Å². The Morgan fingerprint density at radius 3 is 2.60 bits per heavy atom. The molecule has 1 aliphatic rings. The maximum Gasteiger partial charge on any atom is 0.310 e. The quantitative estimate of drug-likeness (QED) is 0.593. The molecule has 0 bridgehead atoms. The molecule has 156 valence electrons. The number of carbonyl (C=O) groups is 2. The Kier molecular flexibility index (Phi) is 5.24. The molecule has 1 fully saturated rings. The molecule has 0 aliphatic heterocycles. The van der Waals surface area contributed by atoms with Crippen LogP contribution in [0.4, 0.5) is 8.78 Å². The molecule has 0 spiro atoms. The van der Waals surface area contributed by atoms with E-state index in [2.05, 4.69) is 0 Å². The van der Waals surface area contributed by atoms with E-state index >= 15 is 0 Å². The molecule has 5 nitrogen and oxygen atoms in total. The SMILES string of the molecule is Cc1c(CC(=O)OC2CCC2)c2c(F)c(O)ccc2n1C(=O)c1ccc(Cl)c(F)c1. The van der Waals surface area contributed by atoms with Crippen molar-refractivity contribution in [3.8, 4) is 5.75 Å². The van der Waals surface area contributed by atoms with Crippen molar-refractivity contribution in [3.05, 3.63) is 63.8 Å². The van der Waals surface area contributed by atoms with Crippen LogP contribution in [0.2, 0.25) is 5.02 Å². The third kappa shape index (κ3) is 3.43. The first-order valence-corrected chi connectivity index (χ1v) is 9.86. The van der Waals surface area contributed by atoms with Crippen molar-refractivity contribution in [1.29, 1.82) is 0 Å². The van der Waals surface area contributed by atoms with Gasteiger partial charge in [0, 0.05) is 16.6 Å². The van der Waals surface area contributed by atoms with E-state index in [1.807, 2.05) is 0 Å². The van der Waals surface area contributed by atoms with Gasteiger partial charge in [-0.1, -0.05) is 11.6 Å². The molecule has 0 unspecified atom stereocenters. The third-order valence-electron chi connectivity index (χ3n) is 5.46. The minimum Gasteiger partial charge on any atom is -0.505 e. The Morgan fingerprint density at radius 1 is 1.23 bits per heavy atom. The number of ether oxygens (including phenoxy) is 1. The zero-order chi connectivity index (χ0) is 21.6. The summed E-state index contributed by atoms with van der Waals surface area (Å²) in [4.78, 5) is 25.5. The van der Waals surface area contributed by atoms with E-state index < -0.39 is 29.3 Å². The first-order chi connectivity index (χ1) is 14.3. The summed E-state index contributed by atoms with van der Waals surface area (Å²) in [6.45, 7) is 1.56. The van der Waals surface area contributed by atoms with E-state index in [1.165, 1.54) is 22.8 Å². The Balaban J connectivity index is 1.82. The van der Waals surface area contributed by atoms with Crippen LogP contribution in [0.3, 0.4) is 0 Å². The number of carbonyl (C=O) groups excluding carboxylic acids is 2. The van der Waals surface area contributed by atoms with Gasteiger partial charge >= 0.3 is 5.97 Å². The lowest BCUT2D eigenvalue weighted by atomic mass is 9.96. The monoisotopic (exact) mass is 433 g/mol. The standard InChI is InChI=1S/C22H18ClF2NO4/c1-11-14(10-19(28)30-13-3-2-4-13)20-17(7-8-18(27)21(20)25)26(11)22(29)12-5-6-15(23)16(24)9-12/h5-9,13,27H,2-4,10H2,1H3. The van der Waals surface area contributed by atoms with Crippen molar-refractivity contribution in [2.75, 3.05) is 0 Å². The van der Waals surface area contributed by atoms with E-state index in [9.17, 15) is 23.5 Å². The molecular weight excluding hydrogens is 416 g/mol. The fourth-order valence-corrected chi connectivity index (χ4v) is 3.74. The van der Waals surface area contributed by atoms with Gasteiger partial charge in [0.25, 0.3) is 5.91 Å². The van der Waals surface area contributed by atoms with Gasteiger partial charge in [-0.2, -0.15) is 0 Å². The smallest absolute Gasteiger partial charge is 0.310 e. The summed E-state index contributed by atoms with van der Waals surface area (Å²) in [5.41, 5.74) is 0.717. The number of nitrogens with zero attached hydrogens (tertiary/aromatic N) is 1. The van der Waals surface area contributed by atoms with Gasteiger partial charge in [-0.3, -0.25) is 14.2 Å². The Bertz CT molecular complexity index is 1180.